The van der Waals surface area contributed by atoms with Gasteiger partial charge in [0, 0.05) is 16.4 Å². The molecule has 0 fully saturated rings. The van der Waals surface area contributed by atoms with Crippen LogP contribution < -0.4 is 5.56 Å². The lowest BCUT2D eigenvalue weighted by Gasteiger charge is -2.13. The third kappa shape index (κ3) is 3.82. The van der Waals surface area contributed by atoms with Gasteiger partial charge in [-0.2, -0.15) is 0 Å². The first kappa shape index (κ1) is 17.9. The predicted octanol–water partition coefficient (Wildman–Crippen LogP) is 5.14. The molecule has 6 heteroatoms. The Morgan fingerprint density at radius 3 is 2.74 bits per heavy atom. The van der Waals surface area contributed by atoms with Crippen molar-refractivity contribution in [2.24, 2.45) is 0 Å². The highest BCUT2D eigenvalue weighted by Crippen LogP contribution is 2.25. The van der Waals surface area contributed by atoms with Gasteiger partial charge < -0.3 is 0 Å². The fraction of sp³-hybridized carbons (Fsp3) is 0.0952. The van der Waals surface area contributed by atoms with Crippen LogP contribution in [0.4, 0.5) is 0 Å². The van der Waals surface area contributed by atoms with E-state index >= 15 is 0 Å². The Balaban J connectivity index is 1.84. The number of halogens is 1. The minimum Gasteiger partial charge on any atom is -0.268 e. The van der Waals surface area contributed by atoms with Crippen LogP contribution in [-0.4, -0.2) is 14.5 Å². The van der Waals surface area contributed by atoms with Gasteiger partial charge in [0.25, 0.3) is 5.56 Å². The fourth-order valence-electron chi connectivity index (χ4n) is 2.83. The van der Waals surface area contributed by atoms with Crippen LogP contribution >= 0.6 is 27.7 Å². The van der Waals surface area contributed by atoms with Gasteiger partial charge in [0.1, 0.15) is 5.82 Å². The summed E-state index contributed by atoms with van der Waals surface area (Å²) in [5.74, 6) is 1.30. The van der Waals surface area contributed by atoms with Gasteiger partial charge in [-0.1, -0.05) is 52.0 Å². The maximum Gasteiger partial charge on any atom is 0.267 e. The number of para-hydroxylation sites is 1. The van der Waals surface area contributed by atoms with Crippen LogP contribution in [0.1, 0.15) is 11.1 Å². The van der Waals surface area contributed by atoms with E-state index in [9.17, 15) is 4.79 Å². The summed E-state index contributed by atoms with van der Waals surface area (Å²) in [6.07, 6.45) is 1.72. The molecule has 0 radical (unpaired) electrons. The largest absolute Gasteiger partial charge is 0.268 e. The molecule has 0 saturated carbocycles. The lowest BCUT2D eigenvalue weighted by atomic mass is 10.2. The number of pyridine rings is 1. The molecule has 0 amide bonds. The zero-order valence-electron chi connectivity index (χ0n) is 14.6. The molecule has 0 atom stereocenters. The summed E-state index contributed by atoms with van der Waals surface area (Å²) in [6.45, 7) is 1.99. The first-order valence-electron chi connectivity index (χ1n) is 8.44. The fourth-order valence-corrected chi connectivity index (χ4v) is 4.22. The van der Waals surface area contributed by atoms with Crippen molar-refractivity contribution < 1.29 is 0 Å². The minimum atomic E-state index is -0.101. The molecule has 4 aromatic rings. The molecule has 27 heavy (non-hydrogen) atoms. The zero-order valence-corrected chi connectivity index (χ0v) is 17.0. The molecule has 0 aliphatic rings. The average Bonchev–Trinajstić information content (AvgIpc) is 2.66. The van der Waals surface area contributed by atoms with E-state index in [4.69, 9.17) is 4.98 Å². The van der Waals surface area contributed by atoms with E-state index < -0.39 is 0 Å². The first-order chi connectivity index (χ1) is 13.1. The van der Waals surface area contributed by atoms with Crippen LogP contribution in [0.3, 0.4) is 0 Å². The SMILES string of the molecule is Cc1ccnc(-n2c(SCc3cccc(Br)c3)nc3ccccc3c2=O)c1. The van der Waals surface area contributed by atoms with Gasteiger partial charge >= 0.3 is 0 Å². The molecule has 0 bridgehead atoms. The molecule has 2 heterocycles. The van der Waals surface area contributed by atoms with Crippen LogP contribution in [0.2, 0.25) is 0 Å². The molecule has 134 valence electrons. The summed E-state index contributed by atoms with van der Waals surface area (Å²) in [5, 5.41) is 1.23. The maximum atomic E-state index is 13.2. The number of fused-ring (bicyclic) bond motifs is 1. The Morgan fingerprint density at radius 2 is 1.93 bits per heavy atom. The van der Waals surface area contributed by atoms with Gasteiger partial charge in [-0.25, -0.2) is 14.5 Å². The number of thioether (sulfide) groups is 1. The van der Waals surface area contributed by atoms with Crippen molar-refractivity contribution in [3.8, 4) is 5.82 Å². The second-order valence-electron chi connectivity index (χ2n) is 6.16. The van der Waals surface area contributed by atoms with Crippen molar-refractivity contribution in [1.82, 2.24) is 14.5 Å². The van der Waals surface area contributed by atoms with E-state index in [0.29, 0.717) is 27.6 Å². The van der Waals surface area contributed by atoms with Crippen molar-refractivity contribution in [3.05, 3.63) is 92.8 Å². The van der Waals surface area contributed by atoms with Crippen LogP contribution in [0.25, 0.3) is 16.7 Å². The van der Waals surface area contributed by atoms with Crippen LogP contribution in [0, 0.1) is 6.92 Å². The number of hydrogen-bond acceptors (Lipinski definition) is 4. The summed E-state index contributed by atoms with van der Waals surface area (Å²) in [6, 6.07) is 19.4. The van der Waals surface area contributed by atoms with Crippen LogP contribution in [-0.2, 0) is 5.75 Å². The van der Waals surface area contributed by atoms with Crippen molar-refractivity contribution in [3.63, 3.8) is 0 Å². The highest BCUT2D eigenvalue weighted by Gasteiger charge is 2.14. The van der Waals surface area contributed by atoms with Gasteiger partial charge in [0.15, 0.2) is 5.16 Å². The average molecular weight is 438 g/mol. The van der Waals surface area contributed by atoms with E-state index in [1.165, 1.54) is 11.8 Å². The quantitative estimate of drug-likeness (QED) is 0.327. The van der Waals surface area contributed by atoms with Gasteiger partial charge in [0.05, 0.1) is 10.9 Å². The second-order valence-corrected chi connectivity index (χ2v) is 8.02. The smallest absolute Gasteiger partial charge is 0.267 e. The summed E-state index contributed by atoms with van der Waals surface area (Å²) < 4.78 is 2.64. The van der Waals surface area contributed by atoms with Crippen molar-refractivity contribution >= 4 is 38.6 Å². The lowest BCUT2D eigenvalue weighted by molar-refractivity contribution is 0.794. The normalized spacial score (nSPS) is 11.0. The van der Waals surface area contributed by atoms with E-state index in [1.54, 1.807) is 16.8 Å². The molecule has 0 spiro atoms. The summed E-state index contributed by atoms with van der Waals surface area (Å²) in [5.41, 5.74) is 2.79. The Labute approximate surface area is 169 Å². The molecular formula is C21H16BrN3OS. The Morgan fingerprint density at radius 1 is 1.07 bits per heavy atom. The van der Waals surface area contributed by atoms with Crippen LogP contribution in [0.15, 0.2) is 81.3 Å². The predicted molar refractivity (Wildman–Crippen MR) is 114 cm³/mol. The molecule has 0 saturated heterocycles. The molecule has 4 rings (SSSR count). The monoisotopic (exact) mass is 437 g/mol. The van der Waals surface area contributed by atoms with Crippen LogP contribution in [0.5, 0.6) is 0 Å². The number of benzene rings is 2. The number of rotatable bonds is 4. The van der Waals surface area contributed by atoms with Crippen molar-refractivity contribution in [2.45, 2.75) is 17.8 Å². The Hall–Kier alpha value is -2.44. The maximum absolute atomic E-state index is 13.2. The number of hydrogen-bond donors (Lipinski definition) is 0. The minimum absolute atomic E-state index is 0.101. The molecule has 0 unspecified atom stereocenters. The first-order valence-corrected chi connectivity index (χ1v) is 10.2. The topological polar surface area (TPSA) is 47.8 Å². The zero-order chi connectivity index (χ0) is 18.8. The second kappa shape index (κ2) is 7.66. The van der Waals surface area contributed by atoms with E-state index in [0.717, 1.165) is 15.6 Å². The number of aryl methyl sites for hydroxylation is 1. The summed E-state index contributed by atoms with van der Waals surface area (Å²) in [7, 11) is 0. The van der Waals surface area contributed by atoms with Gasteiger partial charge in [-0.3, -0.25) is 4.79 Å². The highest BCUT2D eigenvalue weighted by atomic mass is 79.9. The van der Waals surface area contributed by atoms with Gasteiger partial charge in [-0.15, -0.1) is 0 Å². The van der Waals surface area contributed by atoms with E-state index in [2.05, 4.69) is 33.0 Å². The summed E-state index contributed by atoms with van der Waals surface area (Å²) in [4.78, 5) is 22.4. The highest BCUT2D eigenvalue weighted by molar-refractivity contribution is 9.10. The van der Waals surface area contributed by atoms with Gasteiger partial charge in [0.2, 0.25) is 0 Å². The molecular weight excluding hydrogens is 422 g/mol. The summed E-state index contributed by atoms with van der Waals surface area (Å²) >= 11 is 5.03. The molecule has 2 aromatic heterocycles. The number of aromatic nitrogens is 3. The third-order valence-corrected chi connectivity index (χ3v) is 5.63. The lowest BCUT2D eigenvalue weighted by Crippen LogP contribution is -2.22. The molecule has 0 N–H and O–H groups in total. The molecule has 4 nitrogen and oxygen atoms in total. The Kier molecular flexibility index (Phi) is 5.09. The molecule has 0 aliphatic carbocycles. The molecule has 0 aliphatic heterocycles. The van der Waals surface area contributed by atoms with Gasteiger partial charge in [-0.05, 0) is 54.4 Å². The Bertz CT molecular complexity index is 1190. The third-order valence-electron chi connectivity index (χ3n) is 4.13. The van der Waals surface area contributed by atoms with Crippen molar-refractivity contribution in [2.75, 3.05) is 0 Å². The standard InChI is InChI=1S/C21H16BrN3OS/c1-14-9-10-23-19(11-14)25-20(26)17-7-2-3-8-18(17)24-21(25)27-13-15-5-4-6-16(22)12-15/h2-12H,13H2,1H3. The van der Waals surface area contributed by atoms with Crippen molar-refractivity contribution in [1.29, 1.82) is 0 Å². The van der Waals surface area contributed by atoms with E-state index in [-0.39, 0.29) is 5.56 Å². The number of nitrogens with zero attached hydrogens (tertiary/aromatic N) is 3. The molecule has 2 aromatic carbocycles. The van der Waals surface area contributed by atoms with E-state index in [1.807, 2.05) is 49.4 Å².